The maximum absolute atomic E-state index is 11.9. The van der Waals surface area contributed by atoms with E-state index < -0.39 is 0 Å². The Morgan fingerprint density at radius 1 is 1.29 bits per heavy atom. The summed E-state index contributed by atoms with van der Waals surface area (Å²) in [5.74, 6) is -0.104. The summed E-state index contributed by atoms with van der Waals surface area (Å²) in [5, 5.41) is 8.08. The quantitative estimate of drug-likeness (QED) is 0.803. The molecule has 0 aliphatic rings. The van der Waals surface area contributed by atoms with Crippen molar-refractivity contribution in [3.8, 4) is 10.6 Å². The topological polar surface area (TPSA) is 67.8 Å². The van der Waals surface area contributed by atoms with Gasteiger partial charge in [-0.15, -0.1) is 22.7 Å². The van der Waals surface area contributed by atoms with Crippen LogP contribution < -0.4 is 5.32 Å². The molecule has 0 bridgehead atoms. The highest BCUT2D eigenvalue weighted by Gasteiger charge is 2.10. The number of thiazole rings is 2. The van der Waals surface area contributed by atoms with E-state index in [1.165, 1.54) is 22.7 Å². The molecule has 0 fully saturated rings. The first-order valence-electron chi connectivity index (χ1n) is 6.27. The molecule has 3 rings (SSSR count). The summed E-state index contributed by atoms with van der Waals surface area (Å²) >= 11 is 2.93. The van der Waals surface area contributed by atoms with Gasteiger partial charge in [-0.1, -0.05) is 0 Å². The zero-order valence-electron chi connectivity index (χ0n) is 11.2. The number of nitrogens with one attached hydrogen (secondary N) is 1. The second-order valence-corrected chi connectivity index (χ2v) is 6.12. The predicted molar refractivity (Wildman–Crippen MR) is 84.5 cm³/mol. The Morgan fingerprint density at radius 3 is 2.90 bits per heavy atom. The number of rotatable bonds is 4. The minimum atomic E-state index is -0.104. The summed E-state index contributed by atoms with van der Waals surface area (Å²) in [6.45, 7) is 1.90. The van der Waals surface area contributed by atoms with E-state index in [0.717, 1.165) is 22.0 Å². The molecule has 3 aromatic heterocycles. The molecule has 0 unspecified atom stereocenters. The van der Waals surface area contributed by atoms with Crippen molar-refractivity contribution in [1.29, 1.82) is 0 Å². The third-order valence-corrected chi connectivity index (χ3v) is 4.48. The minimum Gasteiger partial charge on any atom is -0.302 e. The highest BCUT2D eigenvalue weighted by Crippen LogP contribution is 2.23. The van der Waals surface area contributed by atoms with Crippen LogP contribution in [0.2, 0.25) is 0 Å². The number of pyridine rings is 1. The Balaban J connectivity index is 1.66. The van der Waals surface area contributed by atoms with Gasteiger partial charge < -0.3 is 5.32 Å². The van der Waals surface area contributed by atoms with Gasteiger partial charge in [0.05, 0.1) is 17.8 Å². The van der Waals surface area contributed by atoms with E-state index in [0.29, 0.717) is 5.13 Å². The normalized spacial score (nSPS) is 10.5. The van der Waals surface area contributed by atoms with Crippen LogP contribution >= 0.6 is 22.7 Å². The lowest BCUT2D eigenvalue weighted by Gasteiger charge is -1.99. The molecule has 0 aliphatic carbocycles. The summed E-state index contributed by atoms with van der Waals surface area (Å²) in [6.07, 6.45) is 3.73. The fraction of sp³-hybridized carbons (Fsp3) is 0.143. The molecule has 0 aliphatic heterocycles. The predicted octanol–water partition coefficient (Wildman–Crippen LogP) is 3.15. The Bertz CT molecular complexity index is 751. The molecule has 106 valence electrons. The Kier molecular flexibility index (Phi) is 4.03. The van der Waals surface area contributed by atoms with Crippen molar-refractivity contribution in [2.24, 2.45) is 0 Å². The monoisotopic (exact) mass is 316 g/mol. The SMILES string of the molecule is Cc1csc(NC(=O)Cc2csc(-c3cccnc3)n2)n1. The molecule has 7 heteroatoms. The summed E-state index contributed by atoms with van der Waals surface area (Å²) < 4.78 is 0. The van der Waals surface area contributed by atoms with Crippen LogP contribution in [-0.4, -0.2) is 20.9 Å². The molecule has 0 spiro atoms. The van der Waals surface area contributed by atoms with Crippen LogP contribution in [0.1, 0.15) is 11.4 Å². The summed E-state index contributed by atoms with van der Waals surface area (Å²) in [5.41, 5.74) is 2.62. The lowest BCUT2D eigenvalue weighted by Crippen LogP contribution is -2.14. The number of anilines is 1. The van der Waals surface area contributed by atoms with Gasteiger partial charge >= 0.3 is 0 Å². The van der Waals surface area contributed by atoms with Crippen LogP contribution in [0, 0.1) is 6.92 Å². The van der Waals surface area contributed by atoms with Gasteiger partial charge in [-0.25, -0.2) is 9.97 Å². The van der Waals surface area contributed by atoms with E-state index in [2.05, 4.69) is 20.3 Å². The summed E-state index contributed by atoms with van der Waals surface area (Å²) in [7, 11) is 0. The Morgan fingerprint density at radius 2 is 2.19 bits per heavy atom. The van der Waals surface area contributed by atoms with Crippen molar-refractivity contribution in [1.82, 2.24) is 15.0 Å². The first-order valence-corrected chi connectivity index (χ1v) is 8.03. The van der Waals surface area contributed by atoms with Crippen LogP contribution in [0.15, 0.2) is 35.3 Å². The number of hydrogen-bond acceptors (Lipinski definition) is 6. The molecule has 21 heavy (non-hydrogen) atoms. The van der Waals surface area contributed by atoms with Gasteiger partial charge in [-0.05, 0) is 19.1 Å². The van der Waals surface area contributed by atoms with Crippen LogP contribution in [0.3, 0.4) is 0 Å². The van der Waals surface area contributed by atoms with Crippen molar-refractivity contribution in [2.75, 3.05) is 5.32 Å². The first kappa shape index (κ1) is 13.8. The zero-order chi connectivity index (χ0) is 14.7. The highest BCUT2D eigenvalue weighted by atomic mass is 32.1. The second-order valence-electron chi connectivity index (χ2n) is 4.40. The van der Waals surface area contributed by atoms with Crippen LogP contribution in [0.4, 0.5) is 5.13 Å². The van der Waals surface area contributed by atoms with Crippen molar-refractivity contribution >= 4 is 33.7 Å². The number of carbonyl (C=O) groups is 1. The minimum absolute atomic E-state index is 0.104. The number of hydrogen-bond donors (Lipinski definition) is 1. The largest absolute Gasteiger partial charge is 0.302 e. The van der Waals surface area contributed by atoms with Gasteiger partial charge in [0, 0.05) is 28.7 Å². The average molecular weight is 316 g/mol. The van der Waals surface area contributed by atoms with Crippen molar-refractivity contribution in [3.63, 3.8) is 0 Å². The van der Waals surface area contributed by atoms with Crippen molar-refractivity contribution in [2.45, 2.75) is 13.3 Å². The summed E-state index contributed by atoms with van der Waals surface area (Å²) in [4.78, 5) is 24.7. The molecular formula is C14H12N4OS2. The number of carbonyl (C=O) groups excluding carboxylic acids is 1. The Labute approximate surface area is 129 Å². The van der Waals surface area contributed by atoms with E-state index in [1.807, 2.05) is 29.8 Å². The average Bonchev–Trinajstić information content (AvgIpc) is 3.09. The van der Waals surface area contributed by atoms with E-state index in [9.17, 15) is 4.79 Å². The molecule has 5 nitrogen and oxygen atoms in total. The lowest BCUT2D eigenvalue weighted by atomic mass is 10.3. The third kappa shape index (κ3) is 3.50. The molecule has 1 N–H and O–H groups in total. The van der Waals surface area contributed by atoms with Gasteiger partial charge in [-0.2, -0.15) is 0 Å². The Hall–Kier alpha value is -2.12. The number of aromatic nitrogens is 3. The second kappa shape index (κ2) is 6.11. The van der Waals surface area contributed by atoms with E-state index in [1.54, 1.807) is 12.4 Å². The molecule has 0 aromatic carbocycles. The fourth-order valence-electron chi connectivity index (χ4n) is 1.75. The molecule has 0 radical (unpaired) electrons. The summed E-state index contributed by atoms with van der Waals surface area (Å²) in [6, 6.07) is 3.82. The lowest BCUT2D eigenvalue weighted by molar-refractivity contribution is -0.115. The fourth-order valence-corrected chi connectivity index (χ4v) is 3.26. The zero-order valence-corrected chi connectivity index (χ0v) is 12.9. The van der Waals surface area contributed by atoms with Crippen molar-refractivity contribution in [3.05, 3.63) is 46.7 Å². The molecule has 0 saturated heterocycles. The van der Waals surface area contributed by atoms with Crippen molar-refractivity contribution < 1.29 is 4.79 Å². The molecule has 3 aromatic rings. The molecule has 0 saturated carbocycles. The van der Waals surface area contributed by atoms with Gasteiger partial charge in [-0.3, -0.25) is 9.78 Å². The van der Waals surface area contributed by atoms with Crippen LogP contribution in [0.5, 0.6) is 0 Å². The maximum Gasteiger partial charge on any atom is 0.232 e. The third-order valence-electron chi connectivity index (χ3n) is 2.67. The van der Waals surface area contributed by atoms with Crippen LogP contribution in [0.25, 0.3) is 10.6 Å². The molecule has 1 amide bonds. The number of aryl methyl sites for hydroxylation is 1. The first-order chi connectivity index (χ1) is 10.2. The number of nitrogens with zero attached hydrogens (tertiary/aromatic N) is 3. The van der Waals surface area contributed by atoms with E-state index in [4.69, 9.17) is 0 Å². The maximum atomic E-state index is 11.9. The van der Waals surface area contributed by atoms with E-state index >= 15 is 0 Å². The highest BCUT2D eigenvalue weighted by molar-refractivity contribution is 7.14. The standard InChI is InChI=1S/C14H12N4OS2/c1-9-7-21-14(16-9)18-12(19)5-11-8-20-13(17-11)10-3-2-4-15-6-10/h2-4,6-8H,5H2,1H3,(H,16,18,19). The van der Waals surface area contributed by atoms with Gasteiger partial charge in [0.15, 0.2) is 5.13 Å². The van der Waals surface area contributed by atoms with E-state index in [-0.39, 0.29) is 12.3 Å². The number of amides is 1. The molecule has 0 atom stereocenters. The molecular weight excluding hydrogens is 304 g/mol. The van der Waals surface area contributed by atoms with Gasteiger partial charge in [0.1, 0.15) is 5.01 Å². The molecule has 3 heterocycles. The van der Waals surface area contributed by atoms with Gasteiger partial charge in [0.2, 0.25) is 5.91 Å². The smallest absolute Gasteiger partial charge is 0.232 e. The van der Waals surface area contributed by atoms with Crippen LogP contribution in [-0.2, 0) is 11.2 Å². The van der Waals surface area contributed by atoms with Gasteiger partial charge in [0.25, 0.3) is 0 Å².